The van der Waals surface area contributed by atoms with Crippen molar-refractivity contribution in [1.29, 1.82) is 0 Å². The molecule has 0 unspecified atom stereocenters. The third-order valence-electron chi connectivity index (χ3n) is 3.76. The normalized spacial score (nSPS) is 15.4. The number of benzene rings is 2. The third kappa shape index (κ3) is 3.31. The summed E-state index contributed by atoms with van der Waals surface area (Å²) in [7, 11) is 0. The topological polar surface area (TPSA) is 12.5 Å². The largest absolute Gasteiger partial charge is 0.294 e. The molecule has 2 aromatic carbocycles. The maximum absolute atomic E-state index is 14.0. The average Bonchev–Trinajstić information content (AvgIpc) is 2.99. The first-order chi connectivity index (χ1) is 10.6. The zero-order chi connectivity index (χ0) is 15.5. The molecule has 1 aliphatic heterocycles. The predicted molar refractivity (Wildman–Crippen MR) is 77.3 cm³/mol. The number of hydrogen-bond donors (Lipinski definition) is 0. The monoisotopic (exact) mass is 307 g/mol. The minimum atomic E-state index is -0.715. The van der Waals surface area contributed by atoms with E-state index < -0.39 is 17.5 Å². The van der Waals surface area contributed by atoms with Crippen molar-refractivity contribution in [3.63, 3.8) is 0 Å². The molecular formula is C17H16F3NO. The Balaban J connectivity index is 1.89. The molecule has 3 rings (SSSR count). The summed E-state index contributed by atoms with van der Waals surface area (Å²) in [6.07, 6.45) is 2.17. The Labute approximate surface area is 127 Å². The van der Waals surface area contributed by atoms with Crippen LogP contribution in [-0.2, 0) is 11.4 Å². The number of rotatable bonds is 4. The Bertz CT molecular complexity index is 669. The van der Waals surface area contributed by atoms with Gasteiger partial charge in [-0.25, -0.2) is 13.2 Å². The summed E-state index contributed by atoms with van der Waals surface area (Å²) >= 11 is 0. The van der Waals surface area contributed by atoms with Gasteiger partial charge < -0.3 is 0 Å². The first kappa shape index (κ1) is 15.1. The van der Waals surface area contributed by atoms with Crippen molar-refractivity contribution < 1.29 is 18.0 Å². The van der Waals surface area contributed by atoms with E-state index in [1.165, 1.54) is 18.2 Å². The summed E-state index contributed by atoms with van der Waals surface area (Å²) in [5.74, 6) is -1.84. The highest BCUT2D eigenvalue weighted by Gasteiger charge is 2.15. The van der Waals surface area contributed by atoms with Crippen molar-refractivity contribution >= 4 is 0 Å². The van der Waals surface area contributed by atoms with Crippen LogP contribution >= 0.6 is 0 Å². The quantitative estimate of drug-likeness (QED) is 0.835. The molecule has 1 heterocycles. The van der Waals surface area contributed by atoms with Gasteiger partial charge in [0.1, 0.15) is 17.5 Å². The van der Waals surface area contributed by atoms with E-state index in [0.29, 0.717) is 11.1 Å². The molecule has 0 aromatic heterocycles. The molecular weight excluding hydrogens is 291 g/mol. The molecule has 0 saturated carbocycles. The molecule has 116 valence electrons. The molecule has 1 saturated heterocycles. The average molecular weight is 307 g/mol. The summed E-state index contributed by atoms with van der Waals surface area (Å²) in [6, 6.07) is 7.41. The zero-order valence-corrected chi connectivity index (χ0v) is 12.0. The molecule has 0 bridgehead atoms. The Hall–Kier alpha value is -1.85. The van der Waals surface area contributed by atoms with E-state index in [2.05, 4.69) is 0 Å². The van der Waals surface area contributed by atoms with Crippen LogP contribution in [0.25, 0.3) is 11.1 Å². The lowest BCUT2D eigenvalue weighted by Gasteiger charge is -2.17. The van der Waals surface area contributed by atoms with E-state index in [-0.39, 0.29) is 12.2 Å². The third-order valence-corrected chi connectivity index (χ3v) is 3.76. The van der Waals surface area contributed by atoms with Crippen molar-refractivity contribution in [3.05, 3.63) is 59.4 Å². The fraction of sp³-hybridized carbons (Fsp3) is 0.294. The van der Waals surface area contributed by atoms with Gasteiger partial charge >= 0.3 is 0 Å². The van der Waals surface area contributed by atoms with Crippen molar-refractivity contribution in [2.24, 2.45) is 0 Å². The first-order valence-corrected chi connectivity index (χ1v) is 7.25. The Kier molecular flexibility index (Phi) is 4.45. The Morgan fingerprint density at radius 2 is 1.55 bits per heavy atom. The zero-order valence-electron chi connectivity index (χ0n) is 12.0. The maximum Gasteiger partial charge on any atom is 0.133 e. The predicted octanol–water partition coefficient (Wildman–Crippen LogP) is 4.30. The van der Waals surface area contributed by atoms with Crippen molar-refractivity contribution in [3.8, 4) is 11.1 Å². The van der Waals surface area contributed by atoms with Gasteiger partial charge in [0.25, 0.3) is 0 Å². The van der Waals surface area contributed by atoms with Crippen LogP contribution < -0.4 is 0 Å². The van der Waals surface area contributed by atoms with E-state index in [4.69, 9.17) is 4.84 Å². The molecule has 0 N–H and O–H groups in total. The molecule has 0 atom stereocenters. The van der Waals surface area contributed by atoms with Crippen molar-refractivity contribution in [1.82, 2.24) is 5.06 Å². The second kappa shape index (κ2) is 6.50. The summed E-state index contributed by atoms with van der Waals surface area (Å²) in [6.45, 7) is 1.95. The Morgan fingerprint density at radius 3 is 2.27 bits per heavy atom. The molecule has 0 spiro atoms. The van der Waals surface area contributed by atoms with Crippen LogP contribution in [0.1, 0.15) is 18.4 Å². The fourth-order valence-electron chi connectivity index (χ4n) is 2.61. The number of nitrogens with zero attached hydrogens (tertiary/aromatic N) is 1. The molecule has 0 amide bonds. The van der Waals surface area contributed by atoms with Gasteiger partial charge in [0.15, 0.2) is 0 Å². The second-order valence-corrected chi connectivity index (χ2v) is 5.34. The van der Waals surface area contributed by atoms with Crippen molar-refractivity contribution in [2.75, 3.05) is 13.1 Å². The van der Waals surface area contributed by atoms with Gasteiger partial charge in [-0.15, -0.1) is 0 Å². The van der Waals surface area contributed by atoms with Crippen LogP contribution in [0, 0.1) is 17.5 Å². The standard InChI is InChI=1S/C17H16F3NO/c18-13-4-3-12(11-22-21-7-1-2-8-21)16(9-13)15-6-5-14(19)10-17(15)20/h3-6,9-10H,1-2,7-8,11H2. The number of hydrogen-bond acceptors (Lipinski definition) is 2. The second-order valence-electron chi connectivity index (χ2n) is 5.34. The molecule has 2 nitrogen and oxygen atoms in total. The molecule has 0 radical (unpaired) electrons. The lowest BCUT2D eigenvalue weighted by molar-refractivity contribution is -0.153. The van der Waals surface area contributed by atoms with Crippen LogP contribution in [0.5, 0.6) is 0 Å². The fourth-order valence-corrected chi connectivity index (χ4v) is 2.61. The summed E-state index contributed by atoms with van der Waals surface area (Å²) in [5.41, 5.74) is 1.22. The van der Waals surface area contributed by atoms with Crippen LogP contribution in [0.15, 0.2) is 36.4 Å². The summed E-state index contributed by atoms with van der Waals surface area (Å²) in [5, 5.41) is 1.86. The highest BCUT2D eigenvalue weighted by molar-refractivity contribution is 5.68. The van der Waals surface area contributed by atoms with Crippen LogP contribution in [0.2, 0.25) is 0 Å². The summed E-state index contributed by atoms with van der Waals surface area (Å²) < 4.78 is 40.6. The van der Waals surface area contributed by atoms with Crippen LogP contribution in [-0.4, -0.2) is 18.2 Å². The number of hydroxylamine groups is 2. The SMILES string of the molecule is Fc1ccc(-c2cc(F)ccc2CON2CCCC2)c(F)c1. The van der Waals surface area contributed by atoms with E-state index in [1.807, 2.05) is 5.06 Å². The lowest BCUT2D eigenvalue weighted by Crippen LogP contribution is -2.19. The summed E-state index contributed by atoms with van der Waals surface area (Å²) in [4.78, 5) is 5.67. The molecule has 1 fully saturated rings. The van der Waals surface area contributed by atoms with Gasteiger partial charge in [0.2, 0.25) is 0 Å². The van der Waals surface area contributed by atoms with Gasteiger partial charge in [-0.1, -0.05) is 6.07 Å². The van der Waals surface area contributed by atoms with E-state index in [0.717, 1.165) is 38.1 Å². The van der Waals surface area contributed by atoms with Gasteiger partial charge in [-0.2, -0.15) is 5.06 Å². The van der Waals surface area contributed by atoms with Crippen LogP contribution in [0.4, 0.5) is 13.2 Å². The smallest absolute Gasteiger partial charge is 0.133 e. The lowest BCUT2D eigenvalue weighted by atomic mass is 9.99. The first-order valence-electron chi connectivity index (χ1n) is 7.25. The van der Waals surface area contributed by atoms with Crippen molar-refractivity contribution in [2.45, 2.75) is 19.4 Å². The van der Waals surface area contributed by atoms with Gasteiger partial charge in [0, 0.05) is 24.7 Å². The highest BCUT2D eigenvalue weighted by atomic mass is 19.1. The molecule has 2 aromatic rings. The van der Waals surface area contributed by atoms with Gasteiger partial charge in [0.05, 0.1) is 6.61 Å². The molecule has 1 aliphatic rings. The molecule has 5 heteroatoms. The molecule has 22 heavy (non-hydrogen) atoms. The van der Waals surface area contributed by atoms with E-state index >= 15 is 0 Å². The highest BCUT2D eigenvalue weighted by Crippen LogP contribution is 2.28. The Morgan fingerprint density at radius 1 is 0.864 bits per heavy atom. The van der Waals surface area contributed by atoms with E-state index in [1.54, 1.807) is 6.07 Å². The van der Waals surface area contributed by atoms with E-state index in [9.17, 15) is 13.2 Å². The van der Waals surface area contributed by atoms with Gasteiger partial charge in [-0.05, 0) is 48.2 Å². The maximum atomic E-state index is 14.0. The minimum Gasteiger partial charge on any atom is -0.294 e. The number of halogens is 3. The van der Waals surface area contributed by atoms with Gasteiger partial charge in [-0.3, -0.25) is 4.84 Å². The minimum absolute atomic E-state index is 0.168. The van der Waals surface area contributed by atoms with Crippen LogP contribution in [0.3, 0.4) is 0 Å². The molecule has 0 aliphatic carbocycles.